The molecule has 0 saturated heterocycles. The van der Waals surface area contributed by atoms with E-state index in [2.05, 4.69) is 5.32 Å². The Morgan fingerprint density at radius 1 is 0.833 bits per heavy atom. The van der Waals surface area contributed by atoms with Gasteiger partial charge in [0.05, 0.1) is 24.8 Å². The summed E-state index contributed by atoms with van der Waals surface area (Å²) in [4.78, 5) is 30.3. The molecule has 0 spiro atoms. The Hall–Kier alpha value is -4.83. The number of nitrogens with one attached hydrogen (secondary N) is 1. The van der Waals surface area contributed by atoms with Crippen LogP contribution < -0.4 is 19.1 Å². The third kappa shape index (κ3) is 8.74. The molecule has 0 aromatic heterocycles. The Morgan fingerprint density at radius 2 is 1.48 bits per heavy atom. The molecule has 0 unspecified atom stereocenters. The molecule has 10 heteroatoms. The van der Waals surface area contributed by atoms with Crippen molar-refractivity contribution in [1.29, 1.82) is 0 Å². The topological polar surface area (TPSA) is 105 Å². The number of nitrogens with zero attached hydrogens (tertiary/aromatic N) is 2. The van der Waals surface area contributed by atoms with E-state index in [4.69, 9.17) is 9.47 Å². The summed E-state index contributed by atoms with van der Waals surface area (Å²) in [7, 11) is -1.32. The number of methoxy groups -OCH3 is 2. The molecule has 254 valence electrons. The highest BCUT2D eigenvalue weighted by Gasteiger charge is 2.35. The number of aryl methyl sites for hydroxylation is 2. The minimum atomic E-state index is -4.26. The summed E-state index contributed by atoms with van der Waals surface area (Å²) in [5.74, 6) is -0.137. The zero-order chi connectivity index (χ0) is 34.8. The number of amides is 2. The van der Waals surface area contributed by atoms with E-state index in [1.807, 2.05) is 82.3 Å². The minimum absolute atomic E-state index is 0.0245. The van der Waals surface area contributed by atoms with Gasteiger partial charge in [0.2, 0.25) is 11.8 Å². The van der Waals surface area contributed by atoms with Crippen molar-refractivity contribution in [1.82, 2.24) is 10.2 Å². The summed E-state index contributed by atoms with van der Waals surface area (Å²) in [5, 5.41) is 3.06. The van der Waals surface area contributed by atoms with E-state index in [0.29, 0.717) is 17.9 Å². The minimum Gasteiger partial charge on any atom is -0.493 e. The van der Waals surface area contributed by atoms with Crippen molar-refractivity contribution in [3.63, 3.8) is 0 Å². The second-order valence-corrected chi connectivity index (χ2v) is 13.7. The monoisotopic (exact) mass is 671 g/mol. The highest BCUT2D eigenvalue weighted by atomic mass is 32.2. The number of hydrogen-bond acceptors (Lipinski definition) is 6. The van der Waals surface area contributed by atoms with Crippen molar-refractivity contribution in [2.45, 2.75) is 64.1 Å². The Kier molecular flexibility index (Phi) is 12.2. The molecule has 9 nitrogen and oxygen atoms in total. The highest BCUT2D eigenvalue weighted by molar-refractivity contribution is 7.92. The van der Waals surface area contributed by atoms with Crippen LogP contribution in [0.3, 0.4) is 0 Å². The zero-order valence-electron chi connectivity index (χ0n) is 28.5. The lowest BCUT2D eigenvalue weighted by molar-refractivity contribution is -0.140. The normalized spacial score (nSPS) is 12.5. The van der Waals surface area contributed by atoms with Crippen LogP contribution in [0.25, 0.3) is 0 Å². The van der Waals surface area contributed by atoms with Crippen molar-refractivity contribution < 1.29 is 27.5 Å². The average molecular weight is 672 g/mol. The molecule has 0 heterocycles. The van der Waals surface area contributed by atoms with Gasteiger partial charge in [0.15, 0.2) is 11.5 Å². The molecule has 2 amide bonds. The van der Waals surface area contributed by atoms with Crippen molar-refractivity contribution in [3.8, 4) is 11.5 Å². The van der Waals surface area contributed by atoms with Crippen molar-refractivity contribution in [3.05, 3.63) is 119 Å². The van der Waals surface area contributed by atoms with Gasteiger partial charge in [0.1, 0.15) is 12.6 Å². The first kappa shape index (κ1) is 36.0. The largest absolute Gasteiger partial charge is 0.493 e. The molecule has 0 saturated carbocycles. The SMILES string of the molecule is CC[C@H](C)NC(=O)[C@@H](Cc1ccccc1)N(Cc1ccccc1C)C(=O)CN(c1ccc(OC)c(OC)c1)S(=O)(=O)c1ccc(C)cc1. The molecule has 0 bridgehead atoms. The fourth-order valence-corrected chi connectivity index (χ4v) is 6.72. The van der Waals surface area contributed by atoms with Crippen LogP contribution in [0.5, 0.6) is 11.5 Å². The molecular formula is C38H45N3O6S. The van der Waals surface area contributed by atoms with Gasteiger partial charge in [0.25, 0.3) is 10.0 Å². The lowest BCUT2D eigenvalue weighted by Crippen LogP contribution is -2.54. The van der Waals surface area contributed by atoms with Crippen molar-refractivity contribution in [2.24, 2.45) is 0 Å². The summed E-state index contributed by atoms with van der Waals surface area (Å²) in [6.45, 7) is 7.23. The molecule has 1 N–H and O–H groups in total. The number of ether oxygens (including phenoxy) is 2. The summed E-state index contributed by atoms with van der Waals surface area (Å²) in [6.07, 6.45) is 0.944. The summed E-state index contributed by atoms with van der Waals surface area (Å²) in [6, 6.07) is 27.3. The van der Waals surface area contributed by atoms with Gasteiger partial charge in [-0.3, -0.25) is 13.9 Å². The van der Waals surface area contributed by atoms with Crippen LogP contribution in [0, 0.1) is 13.8 Å². The molecular weight excluding hydrogens is 627 g/mol. The maximum atomic E-state index is 14.7. The van der Waals surface area contributed by atoms with Crippen LogP contribution in [0.2, 0.25) is 0 Å². The Labute approximate surface area is 284 Å². The van der Waals surface area contributed by atoms with Crippen molar-refractivity contribution in [2.75, 3.05) is 25.1 Å². The van der Waals surface area contributed by atoms with Crippen LogP contribution in [-0.2, 0) is 32.6 Å². The first-order valence-corrected chi connectivity index (χ1v) is 17.4. The molecule has 4 aromatic carbocycles. The van der Waals surface area contributed by atoms with Crippen LogP contribution in [0.15, 0.2) is 102 Å². The molecule has 0 aliphatic rings. The molecule has 4 rings (SSSR count). The quantitative estimate of drug-likeness (QED) is 0.165. The first-order valence-electron chi connectivity index (χ1n) is 16.0. The smallest absolute Gasteiger partial charge is 0.264 e. The fraction of sp³-hybridized carbons (Fsp3) is 0.316. The van der Waals surface area contributed by atoms with Gasteiger partial charge in [-0.25, -0.2) is 8.42 Å². The molecule has 2 atom stereocenters. The van der Waals surface area contributed by atoms with Gasteiger partial charge >= 0.3 is 0 Å². The number of anilines is 1. The second-order valence-electron chi connectivity index (χ2n) is 11.8. The van der Waals surface area contributed by atoms with Crippen LogP contribution in [0.4, 0.5) is 5.69 Å². The zero-order valence-corrected chi connectivity index (χ0v) is 29.3. The predicted octanol–water partition coefficient (Wildman–Crippen LogP) is 6.07. The van der Waals surface area contributed by atoms with E-state index in [1.165, 1.54) is 37.3 Å². The highest BCUT2D eigenvalue weighted by Crippen LogP contribution is 2.34. The van der Waals surface area contributed by atoms with Crippen molar-refractivity contribution >= 4 is 27.5 Å². The van der Waals surface area contributed by atoms with E-state index in [9.17, 15) is 18.0 Å². The van der Waals surface area contributed by atoms with Gasteiger partial charge in [0, 0.05) is 25.1 Å². The molecule has 0 radical (unpaired) electrons. The van der Waals surface area contributed by atoms with E-state index in [1.54, 1.807) is 24.3 Å². The number of sulfonamides is 1. The average Bonchev–Trinajstić information content (AvgIpc) is 3.09. The van der Waals surface area contributed by atoms with Gasteiger partial charge < -0.3 is 19.7 Å². The maximum absolute atomic E-state index is 14.7. The molecule has 4 aromatic rings. The van der Waals surface area contributed by atoms with Crippen LogP contribution in [-0.4, -0.2) is 58.0 Å². The fourth-order valence-electron chi connectivity index (χ4n) is 5.31. The van der Waals surface area contributed by atoms with E-state index >= 15 is 0 Å². The summed E-state index contributed by atoms with van der Waals surface area (Å²) >= 11 is 0. The van der Waals surface area contributed by atoms with Crippen LogP contribution in [0.1, 0.15) is 42.5 Å². The molecule has 0 aliphatic heterocycles. The lowest BCUT2D eigenvalue weighted by Gasteiger charge is -2.34. The number of hydrogen-bond donors (Lipinski definition) is 1. The Balaban J connectivity index is 1.86. The molecule has 0 aliphatic carbocycles. The molecule has 48 heavy (non-hydrogen) atoms. The lowest BCUT2D eigenvalue weighted by atomic mass is 10.0. The maximum Gasteiger partial charge on any atom is 0.264 e. The summed E-state index contributed by atoms with van der Waals surface area (Å²) in [5.41, 5.74) is 3.76. The van der Waals surface area contributed by atoms with Gasteiger partial charge in [-0.05, 0) is 68.1 Å². The second kappa shape index (κ2) is 16.3. The predicted molar refractivity (Wildman–Crippen MR) is 189 cm³/mol. The number of rotatable bonds is 15. The van der Waals surface area contributed by atoms with E-state index in [-0.39, 0.29) is 35.5 Å². The standard InChI is InChI=1S/C38H45N3O6S/c1-7-29(4)39-38(43)34(23-30-14-9-8-10-15-30)40(25-31-16-12-11-13-28(31)3)37(42)26-41(32-19-22-35(46-5)36(24-32)47-6)48(44,45)33-20-17-27(2)18-21-33/h8-22,24,29,34H,7,23,25-26H2,1-6H3,(H,39,43)/t29-,34+/m0/s1. The van der Waals surface area contributed by atoms with Gasteiger partial charge in [-0.1, -0.05) is 79.2 Å². The number of carbonyl (C=O) groups excluding carboxylic acids is 2. The Morgan fingerprint density at radius 3 is 2.10 bits per heavy atom. The third-order valence-electron chi connectivity index (χ3n) is 8.42. The molecule has 0 fully saturated rings. The van der Waals surface area contributed by atoms with Crippen LogP contribution >= 0.6 is 0 Å². The van der Waals surface area contributed by atoms with E-state index in [0.717, 1.165) is 26.6 Å². The first-order chi connectivity index (χ1) is 23.0. The number of benzene rings is 4. The Bertz CT molecular complexity index is 1800. The third-order valence-corrected chi connectivity index (χ3v) is 10.2. The van der Waals surface area contributed by atoms with Gasteiger partial charge in [-0.2, -0.15) is 0 Å². The van der Waals surface area contributed by atoms with E-state index < -0.39 is 28.5 Å². The van der Waals surface area contributed by atoms with Gasteiger partial charge in [-0.15, -0.1) is 0 Å². The summed E-state index contributed by atoms with van der Waals surface area (Å²) < 4.78 is 40.7. The number of carbonyl (C=O) groups is 2.